The number of benzene rings is 1. The van der Waals surface area contributed by atoms with Crippen LogP contribution >= 0.6 is 0 Å². The molecule has 0 saturated carbocycles. The molecule has 0 aliphatic carbocycles. The minimum absolute atomic E-state index is 0.143. The predicted molar refractivity (Wildman–Crippen MR) is 81.1 cm³/mol. The van der Waals surface area contributed by atoms with Crippen molar-refractivity contribution < 1.29 is 14.6 Å². The Morgan fingerprint density at radius 3 is 2.80 bits per heavy atom. The van der Waals surface area contributed by atoms with Gasteiger partial charge >= 0.3 is 0 Å². The zero-order valence-electron chi connectivity index (χ0n) is 12.8. The Kier molecular flexibility index (Phi) is 7.59. The van der Waals surface area contributed by atoms with Crippen LogP contribution < -0.4 is 10.1 Å². The van der Waals surface area contributed by atoms with Crippen molar-refractivity contribution in [3.8, 4) is 5.75 Å². The molecule has 4 heteroatoms. The van der Waals surface area contributed by atoms with Gasteiger partial charge in [-0.05, 0) is 44.0 Å². The first-order valence-electron chi connectivity index (χ1n) is 7.20. The smallest absolute Gasteiger partial charge is 0.119 e. The molecule has 114 valence electrons. The van der Waals surface area contributed by atoms with Gasteiger partial charge in [0.15, 0.2) is 0 Å². The van der Waals surface area contributed by atoms with Crippen LogP contribution in [0.1, 0.15) is 32.3 Å². The number of ether oxygens (including phenoxy) is 2. The standard InChI is InChI=1S/C16H27NO3/c1-4-17-16(2,13-18)9-6-10-20-15-8-5-7-14(11-15)12-19-3/h5,7-8,11,17-18H,4,6,9-10,12-13H2,1-3H3. The maximum atomic E-state index is 9.41. The molecule has 0 aliphatic rings. The van der Waals surface area contributed by atoms with Gasteiger partial charge in [-0.3, -0.25) is 0 Å². The van der Waals surface area contributed by atoms with E-state index in [1.54, 1.807) is 7.11 Å². The van der Waals surface area contributed by atoms with Crippen molar-refractivity contribution in [2.75, 3.05) is 26.9 Å². The van der Waals surface area contributed by atoms with Crippen molar-refractivity contribution >= 4 is 0 Å². The highest BCUT2D eigenvalue weighted by Gasteiger charge is 2.20. The van der Waals surface area contributed by atoms with Crippen molar-refractivity contribution in [1.29, 1.82) is 0 Å². The van der Waals surface area contributed by atoms with Gasteiger partial charge in [0.05, 0.1) is 19.8 Å². The summed E-state index contributed by atoms with van der Waals surface area (Å²) < 4.78 is 10.8. The molecule has 1 aromatic carbocycles. The second kappa shape index (κ2) is 8.95. The third-order valence-corrected chi connectivity index (χ3v) is 3.30. The first-order valence-corrected chi connectivity index (χ1v) is 7.20. The van der Waals surface area contributed by atoms with Gasteiger partial charge < -0.3 is 19.9 Å². The first-order chi connectivity index (χ1) is 9.63. The summed E-state index contributed by atoms with van der Waals surface area (Å²) in [6.07, 6.45) is 1.79. The van der Waals surface area contributed by atoms with Gasteiger partial charge in [0.1, 0.15) is 5.75 Å². The van der Waals surface area contributed by atoms with Crippen LogP contribution in [0.3, 0.4) is 0 Å². The van der Waals surface area contributed by atoms with Crippen molar-refractivity contribution in [3.63, 3.8) is 0 Å². The van der Waals surface area contributed by atoms with Gasteiger partial charge in [-0.2, -0.15) is 0 Å². The third kappa shape index (κ3) is 5.90. The van der Waals surface area contributed by atoms with Crippen molar-refractivity contribution in [3.05, 3.63) is 29.8 Å². The number of hydrogen-bond donors (Lipinski definition) is 2. The number of aliphatic hydroxyl groups is 1. The van der Waals surface area contributed by atoms with Gasteiger partial charge in [-0.25, -0.2) is 0 Å². The van der Waals surface area contributed by atoms with Crippen LogP contribution in [0.4, 0.5) is 0 Å². The number of hydrogen-bond acceptors (Lipinski definition) is 4. The van der Waals surface area contributed by atoms with Gasteiger partial charge in [0.2, 0.25) is 0 Å². The Balaban J connectivity index is 2.35. The minimum atomic E-state index is -0.212. The molecule has 0 saturated heterocycles. The molecule has 0 aromatic heterocycles. The lowest BCUT2D eigenvalue weighted by molar-refractivity contribution is 0.157. The quantitative estimate of drug-likeness (QED) is 0.646. The molecule has 0 amide bonds. The van der Waals surface area contributed by atoms with Crippen LogP contribution in [-0.4, -0.2) is 37.5 Å². The molecular weight excluding hydrogens is 254 g/mol. The second-order valence-electron chi connectivity index (χ2n) is 5.28. The number of nitrogens with one attached hydrogen (secondary N) is 1. The highest BCUT2D eigenvalue weighted by Crippen LogP contribution is 2.16. The fraction of sp³-hybridized carbons (Fsp3) is 0.625. The zero-order valence-corrected chi connectivity index (χ0v) is 12.8. The fourth-order valence-electron chi connectivity index (χ4n) is 2.19. The summed E-state index contributed by atoms with van der Waals surface area (Å²) in [6.45, 7) is 6.33. The van der Waals surface area contributed by atoms with E-state index in [0.717, 1.165) is 30.7 Å². The molecule has 1 atom stereocenters. The van der Waals surface area contributed by atoms with Crippen molar-refractivity contribution in [2.24, 2.45) is 0 Å². The van der Waals surface area contributed by atoms with Crippen LogP contribution in [0, 0.1) is 0 Å². The third-order valence-electron chi connectivity index (χ3n) is 3.30. The lowest BCUT2D eigenvalue weighted by Crippen LogP contribution is -2.45. The molecule has 0 heterocycles. The predicted octanol–water partition coefficient (Wildman–Crippen LogP) is 2.35. The van der Waals surface area contributed by atoms with Crippen LogP contribution in [0.5, 0.6) is 5.75 Å². The van der Waals surface area contributed by atoms with E-state index in [-0.39, 0.29) is 12.1 Å². The summed E-state index contributed by atoms with van der Waals surface area (Å²) >= 11 is 0. The monoisotopic (exact) mass is 281 g/mol. The average Bonchev–Trinajstić information content (AvgIpc) is 2.45. The molecule has 4 nitrogen and oxygen atoms in total. The highest BCUT2D eigenvalue weighted by atomic mass is 16.5. The normalized spacial score (nSPS) is 14.0. The molecule has 0 fully saturated rings. The Morgan fingerprint density at radius 1 is 1.35 bits per heavy atom. The molecule has 1 unspecified atom stereocenters. The molecule has 0 aliphatic heterocycles. The summed E-state index contributed by atoms with van der Waals surface area (Å²) in [5.41, 5.74) is 0.897. The molecule has 1 rings (SSSR count). The highest BCUT2D eigenvalue weighted by molar-refractivity contribution is 5.28. The van der Waals surface area contributed by atoms with Gasteiger partial charge in [0.25, 0.3) is 0 Å². The van der Waals surface area contributed by atoms with E-state index in [9.17, 15) is 5.11 Å². The van der Waals surface area contributed by atoms with Gasteiger partial charge in [-0.15, -0.1) is 0 Å². The molecular formula is C16H27NO3. The summed E-state index contributed by atoms with van der Waals surface area (Å²) in [4.78, 5) is 0. The van der Waals surface area contributed by atoms with Crippen LogP contribution in [-0.2, 0) is 11.3 Å². The summed E-state index contributed by atoms with van der Waals surface area (Å²) in [5, 5.41) is 12.7. The molecule has 2 N–H and O–H groups in total. The van der Waals surface area contributed by atoms with Crippen molar-refractivity contribution in [2.45, 2.75) is 38.8 Å². The summed E-state index contributed by atoms with van der Waals surface area (Å²) in [6, 6.07) is 7.94. The van der Waals surface area contributed by atoms with E-state index in [4.69, 9.17) is 9.47 Å². The van der Waals surface area contributed by atoms with E-state index < -0.39 is 0 Å². The Bertz CT molecular complexity index is 384. The van der Waals surface area contributed by atoms with Crippen LogP contribution in [0.25, 0.3) is 0 Å². The lowest BCUT2D eigenvalue weighted by Gasteiger charge is -2.28. The maximum Gasteiger partial charge on any atom is 0.119 e. The fourth-order valence-corrected chi connectivity index (χ4v) is 2.19. The lowest BCUT2D eigenvalue weighted by atomic mass is 9.97. The number of aliphatic hydroxyl groups excluding tert-OH is 1. The molecule has 0 bridgehead atoms. The largest absolute Gasteiger partial charge is 0.494 e. The second-order valence-corrected chi connectivity index (χ2v) is 5.28. The summed E-state index contributed by atoms with van der Waals surface area (Å²) in [7, 11) is 1.68. The summed E-state index contributed by atoms with van der Waals surface area (Å²) in [5.74, 6) is 0.869. The van der Waals surface area contributed by atoms with E-state index in [1.165, 1.54) is 0 Å². The van der Waals surface area contributed by atoms with E-state index in [2.05, 4.69) is 5.32 Å². The van der Waals surface area contributed by atoms with Crippen molar-refractivity contribution in [1.82, 2.24) is 5.32 Å². The number of methoxy groups -OCH3 is 1. The average molecular weight is 281 g/mol. The van der Waals surface area contributed by atoms with E-state index in [0.29, 0.717) is 13.2 Å². The first kappa shape index (κ1) is 17.0. The van der Waals surface area contributed by atoms with Crippen LogP contribution in [0.2, 0.25) is 0 Å². The Morgan fingerprint density at radius 2 is 2.15 bits per heavy atom. The molecule has 1 aromatic rings. The zero-order chi connectivity index (χ0) is 14.8. The Hall–Kier alpha value is -1.10. The molecule has 20 heavy (non-hydrogen) atoms. The van der Waals surface area contributed by atoms with E-state index >= 15 is 0 Å². The molecule has 0 radical (unpaired) electrons. The Labute approximate surface area is 122 Å². The number of rotatable bonds is 10. The van der Waals surface area contributed by atoms with Gasteiger partial charge in [-0.1, -0.05) is 19.1 Å². The minimum Gasteiger partial charge on any atom is -0.494 e. The van der Waals surface area contributed by atoms with Crippen LogP contribution in [0.15, 0.2) is 24.3 Å². The topological polar surface area (TPSA) is 50.7 Å². The molecule has 0 spiro atoms. The number of likely N-dealkylation sites (N-methyl/N-ethyl adjacent to an activating group) is 1. The van der Waals surface area contributed by atoms with E-state index in [1.807, 2.05) is 38.1 Å². The van der Waals surface area contributed by atoms with Gasteiger partial charge in [0, 0.05) is 12.6 Å². The maximum absolute atomic E-state index is 9.41. The SMILES string of the molecule is CCNC(C)(CO)CCCOc1cccc(COC)c1.